The molecule has 1 unspecified atom stereocenters. The van der Waals surface area contributed by atoms with E-state index in [4.69, 9.17) is 9.15 Å². The Hall–Kier alpha value is -4.64. The summed E-state index contributed by atoms with van der Waals surface area (Å²) in [5, 5.41) is 15.2. The summed E-state index contributed by atoms with van der Waals surface area (Å²) < 4.78 is 13.5. The predicted molar refractivity (Wildman–Crippen MR) is 167 cm³/mol. The molecule has 1 atom stereocenters. The Morgan fingerprint density at radius 1 is 0.537 bits per heavy atom. The second-order valence-electron chi connectivity index (χ2n) is 10.3. The van der Waals surface area contributed by atoms with Crippen molar-refractivity contribution in [1.82, 2.24) is 0 Å². The van der Waals surface area contributed by atoms with Crippen LogP contribution in [0.3, 0.4) is 0 Å². The number of fused-ring (bicyclic) bond motifs is 8. The van der Waals surface area contributed by atoms with Crippen LogP contribution in [0.5, 0.6) is 11.5 Å². The third kappa shape index (κ3) is 3.68. The molecule has 0 radical (unpaired) electrons. The van der Waals surface area contributed by atoms with E-state index >= 15 is 0 Å². The van der Waals surface area contributed by atoms with Gasteiger partial charge in [0.1, 0.15) is 28.3 Å². The van der Waals surface area contributed by atoms with E-state index in [1.165, 1.54) is 0 Å². The number of benzene rings is 6. The van der Waals surface area contributed by atoms with E-state index in [9.17, 15) is 5.11 Å². The molecule has 1 N–H and O–H groups in total. The first-order valence-electron chi connectivity index (χ1n) is 13.5. The molecule has 1 heterocycles. The third-order valence-electron chi connectivity index (χ3n) is 8.05. The summed E-state index contributed by atoms with van der Waals surface area (Å²) in [6, 6.07) is 44.2. The molecule has 3 nitrogen and oxygen atoms in total. The van der Waals surface area contributed by atoms with Crippen molar-refractivity contribution >= 4 is 37.9 Å². The Morgan fingerprint density at radius 3 is 2.00 bits per heavy atom. The molecule has 8 rings (SSSR count). The normalized spacial score (nSPS) is 15.7. The van der Waals surface area contributed by atoms with Crippen molar-refractivity contribution in [1.29, 1.82) is 0 Å². The molecule has 0 spiro atoms. The average molecular weight is 595 g/mol. The van der Waals surface area contributed by atoms with E-state index in [1.807, 2.05) is 103 Å². The lowest BCUT2D eigenvalue weighted by Crippen LogP contribution is -2.30. The zero-order valence-corrected chi connectivity index (χ0v) is 23.4. The van der Waals surface area contributed by atoms with Gasteiger partial charge in [0.15, 0.2) is 0 Å². The van der Waals surface area contributed by atoms with Crippen molar-refractivity contribution in [2.24, 2.45) is 0 Å². The van der Waals surface area contributed by atoms with Crippen molar-refractivity contribution in [3.8, 4) is 33.8 Å². The highest BCUT2D eigenvalue weighted by molar-refractivity contribution is 9.10. The van der Waals surface area contributed by atoms with Crippen LogP contribution in [0.25, 0.3) is 44.2 Å². The molecule has 196 valence electrons. The number of halogens is 1. The van der Waals surface area contributed by atoms with Gasteiger partial charge >= 0.3 is 0 Å². The Balaban J connectivity index is 1.36. The largest absolute Gasteiger partial charge is 0.457 e. The van der Waals surface area contributed by atoms with Crippen molar-refractivity contribution in [3.05, 3.63) is 155 Å². The van der Waals surface area contributed by atoms with Crippen LogP contribution < -0.4 is 4.74 Å². The minimum atomic E-state index is -1.50. The summed E-state index contributed by atoms with van der Waals surface area (Å²) in [6.07, 6.45) is 0. The molecule has 0 bridgehead atoms. The second kappa shape index (κ2) is 9.20. The van der Waals surface area contributed by atoms with Crippen molar-refractivity contribution in [3.63, 3.8) is 0 Å². The molecule has 0 aliphatic heterocycles. The number of hydrogen-bond donors (Lipinski definition) is 1. The van der Waals surface area contributed by atoms with Crippen LogP contribution in [-0.4, -0.2) is 5.11 Å². The van der Waals surface area contributed by atoms with Crippen LogP contribution in [0, 0.1) is 0 Å². The van der Waals surface area contributed by atoms with Crippen LogP contribution in [0.2, 0.25) is 0 Å². The third-order valence-corrected chi connectivity index (χ3v) is 8.54. The Labute approximate surface area is 245 Å². The molecule has 0 saturated carbocycles. The number of hydrogen-bond acceptors (Lipinski definition) is 3. The summed E-state index contributed by atoms with van der Waals surface area (Å²) in [6.45, 7) is 0. The number of rotatable bonds is 3. The Bertz CT molecular complexity index is 2130. The van der Waals surface area contributed by atoms with Crippen molar-refractivity contribution in [2.75, 3.05) is 0 Å². The Morgan fingerprint density at radius 2 is 1.17 bits per heavy atom. The summed E-state index contributed by atoms with van der Waals surface area (Å²) in [5.41, 5.74) is 6.52. The van der Waals surface area contributed by atoms with Crippen molar-refractivity contribution < 1.29 is 14.3 Å². The highest BCUT2D eigenvalue weighted by atomic mass is 79.9. The van der Waals surface area contributed by atoms with Gasteiger partial charge in [0, 0.05) is 31.9 Å². The van der Waals surface area contributed by atoms with E-state index < -0.39 is 5.60 Å². The van der Waals surface area contributed by atoms with Gasteiger partial charge in [-0.3, -0.25) is 0 Å². The fourth-order valence-electron chi connectivity index (χ4n) is 6.22. The molecule has 4 heteroatoms. The van der Waals surface area contributed by atoms with Gasteiger partial charge in [0.2, 0.25) is 0 Å². The lowest BCUT2D eigenvalue weighted by Gasteiger charge is -2.33. The lowest BCUT2D eigenvalue weighted by atomic mass is 9.77. The van der Waals surface area contributed by atoms with Gasteiger partial charge in [0.05, 0.1) is 0 Å². The fraction of sp³-hybridized carbons (Fsp3) is 0.0270. The first-order valence-corrected chi connectivity index (χ1v) is 14.3. The van der Waals surface area contributed by atoms with Crippen LogP contribution in [0.1, 0.15) is 16.7 Å². The van der Waals surface area contributed by atoms with Gasteiger partial charge in [-0.05, 0) is 64.7 Å². The van der Waals surface area contributed by atoms with Gasteiger partial charge in [-0.15, -0.1) is 0 Å². The maximum atomic E-state index is 13.1. The van der Waals surface area contributed by atoms with Gasteiger partial charge < -0.3 is 14.3 Å². The van der Waals surface area contributed by atoms with Gasteiger partial charge in [0.25, 0.3) is 0 Å². The quantitative estimate of drug-likeness (QED) is 0.221. The van der Waals surface area contributed by atoms with Crippen LogP contribution in [0.4, 0.5) is 0 Å². The summed E-state index contributed by atoms with van der Waals surface area (Å²) in [7, 11) is 0. The second-order valence-corrected chi connectivity index (χ2v) is 11.3. The van der Waals surface area contributed by atoms with Crippen LogP contribution in [0.15, 0.2) is 142 Å². The highest BCUT2D eigenvalue weighted by Crippen LogP contribution is 2.53. The zero-order chi connectivity index (χ0) is 27.6. The lowest BCUT2D eigenvalue weighted by molar-refractivity contribution is 0.124. The molecule has 0 fully saturated rings. The minimum absolute atomic E-state index is 0.578. The number of aliphatic hydroxyl groups is 1. The molecule has 1 aliphatic rings. The molecule has 6 aromatic carbocycles. The smallest absolute Gasteiger partial charge is 0.145 e. The highest BCUT2D eigenvalue weighted by Gasteiger charge is 2.42. The van der Waals surface area contributed by atoms with E-state index in [1.54, 1.807) is 0 Å². The van der Waals surface area contributed by atoms with E-state index in [0.29, 0.717) is 17.1 Å². The van der Waals surface area contributed by atoms with Crippen molar-refractivity contribution in [2.45, 2.75) is 5.60 Å². The van der Waals surface area contributed by atoms with Gasteiger partial charge in [-0.1, -0.05) is 107 Å². The monoisotopic (exact) mass is 594 g/mol. The molecule has 1 aliphatic carbocycles. The van der Waals surface area contributed by atoms with Crippen LogP contribution >= 0.6 is 15.9 Å². The summed E-state index contributed by atoms with van der Waals surface area (Å²) >= 11 is 3.68. The first-order chi connectivity index (χ1) is 20.1. The molecule has 0 saturated heterocycles. The summed E-state index contributed by atoms with van der Waals surface area (Å²) in [4.78, 5) is 0. The number of ether oxygens (including phenoxy) is 1. The fourth-order valence-corrected chi connectivity index (χ4v) is 6.58. The minimum Gasteiger partial charge on any atom is -0.457 e. The van der Waals surface area contributed by atoms with Crippen LogP contribution in [-0.2, 0) is 5.60 Å². The molecule has 0 amide bonds. The SMILES string of the molecule is OC1(c2ccccc2Oc2ccc3oc4ccccc4c3c2)c2ccccc2-c2ccccc2-c2ccc(Br)cc21. The Kier molecular flexibility index (Phi) is 5.43. The summed E-state index contributed by atoms with van der Waals surface area (Å²) in [5.74, 6) is 1.24. The maximum absolute atomic E-state index is 13.1. The number of para-hydroxylation sites is 2. The van der Waals surface area contributed by atoms with E-state index in [2.05, 4.69) is 46.3 Å². The molecule has 41 heavy (non-hydrogen) atoms. The number of furan rings is 1. The predicted octanol–water partition coefficient (Wildman–Crippen LogP) is 10.1. The zero-order valence-electron chi connectivity index (χ0n) is 21.8. The first kappa shape index (κ1) is 24.2. The van der Waals surface area contributed by atoms with E-state index in [-0.39, 0.29) is 0 Å². The van der Waals surface area contributed by atoms with E-state index in [0.717, 1.165) is 59.8 Å². The molecule has 1 aromatic heterocycles. The van der Waals surface area contributed by atoms with Gasteiger partial charge in [-0.2, -0.15) is 0 Å². The van der Waals surface area contributed by atoms with Gasteiger partial charge in [-0.25, -0.2) is 0 Å². The maximum Gasteiger partial charge on any atom is 0.145 e. The molecule has 7 aromatic rings. The molecular weight excluding hydrogens is 572 g/mol. The molecular formula is C37H23BrO3. The average Bonchev–Trinajstić information content (AvgIpc) is 3.35. The standard InChI is InChI=1S/C37H23BrO3/c38-23-17-19-28-26-10-2-1-9-25(26)27-11-3-5-13-31(27)37(39,33(28)21-23)32-14-6-8-16-36(32)40-24-18-20-35-30(22-24)29-12-4-7-15-34(29)41-35/h1-22,39H. The topological polar surface area (TPSA) is 42.6 Å².